The van der Waals surface area contributed by atoms with Crippen LogP contribution in [0.2, 0.25) is 0 Å². The standard InChI is InChI=1S/C27H37NO4S/c1-16-13-22(20(26(2,3)4)14-19(16)24(28)30)33-23-21(29)15-27(32-25(23)31,17-9-5-6-10-17)18-11-7-8-12-18/h13-14,17-18,29H,5-12,15H2,1-4H3,(H2,28,30). The number of aryl methyl sites for hydroxylation is 1. The number of aliphatic hydroxyl groups excluding tert-OH is 1. The van der Waals surface area contributed by atoms with Crippen molar-refractivity contribution in [3.63, 3.8) is 0 Å². The van der Waals surface area contributed by atoms with Gasteiger partial charge >= 0.3 is 5.97 Å². The van der Waals surface area contributed by atoms with Crippen molar-refractivity contribution < 1.29 is 19.4 Å². The van der Waals surface area contributed by atoms with E-state index in [0.717, 1.165) is 41.7 Å². The highest BCUT2D eigenvalue weighted by Gasteiger charge is 2.53. The second-order valence-corrected chi connectivity index (χ2v) is 12.2. The van der Waals surface area contributed by atoms with Gasteiger partial charge in [0.15, 0.2) is 0 Å². The number of thioether (sulfide) groups is 1. The Labute approximate surface area is 201 Å². The van der Waals surface area contributed by atoms with Gasteiger partial charge < -0.3 is 15.6 Å². The number of esters is 1. The molecule has 4 rings (SSSR count). The number of cyclic esters (lactones) is 1. The lowest BCUT2D eigenvalue weighted by molar-refractivity contribution is -0.174. The molecule has 0 saturated heterocycles. The van der Waals surface area contributed by atoms with E-state index in [-0.39, 0.29) is 16.1 Å². The quantitative estimate of drug-likeness (QED) is 0.491. The molecular formula is C27H37NO4S. The monoisotopic (exact) mass is 471 g/mol. The van der Waals surface area contributed by atoms with Crippen molar-refractivity contribution in [2.45, 2.75) is 101 Å². The Kier molecular flexibility index (Phi) is 6.60. The van der Waals surface area contributed by atoms with Crippen LogP contribution in [0, 0.1) is 18.8 Å². The first-order valence-electron chi connectivity index (χ1n) is 12.3. The van der Waals surface area contributed by atoms with E-state index in [1.807, 2.05) is 19.1 Å². The smallest absolute Gasteiger partial charge is 0.349 e. The van der Waals surface area contributed by atoms with Crippen LogP contribution < -0.4 is 5.73 Å². The average Bonchev–Trinajstić information content (AvgIpc) is 3.44. The Bertz CT molecular complexity index is 963. The van der Waals surface area contributed by atoms with Crippen LogP contribution in [0.25, 0.3) is 0 Å². The SMILES string of the molecule is Cc1cc(SC2=C(O)CC(C3CCCC3)(C3CCCC3)OC2=O)c(C(C)(C)C)cc1C(N)=O. The molecule has 5 nitrogen and oxygen atoms in total. The summed E-state index contributed by atoms with van der Waals surface area (Å²) in [5.74, 6) is -0.0434. The Morgan fingerprint density at radius 1 is 1.09 bits per heavy atom. The predicted octanol–water partition coefficient (Wildman–Crippen LogP) is 6.32. The molecule has 1 aromatic carbocycles. The number of hydrogen-bond donors (Lipinski definition) is 2. The summed E-state index contributed by atoms with van der Waals surface area (Å²) in [6.07, 6.45) is 9.38. The second-order valence-electron chi connectivity index (χ2n) is 11.1. The van der Waals surface area contributed by atoms with Gasteiger partial charge in [-0.1, -0.05) is 58.2 Å². The molecule has 0 radical (unpaired) electrons. The molecule has 1 aliphatic heterocycles. The Morgan fingerprint density at radius 3 is 2.09 bits per heavy atom. The second kappa shape index (κ2) is 9.01. The lowest BCUT2D eigenvalue weighted by atomic mass is 9.71. The summed E-state index contributed by atoms with van der Waals surface area (Å²) in [6, 6.07) is 3.72. The zero-order chi connectivity index (χ0) is 24.0. The van der Waals surface area contributed by atoms with Crippen molar-refractivity contribution in [3.8, 4) is 0 Å². The van der Waals surface area contributed by atoms with Crippen LogP contribution in [-0.4, -0.2) is 22.6 Å². The molecule has 0 aromatic heterocycles. The Morgan fingerprint density at radius 2 is 1.64 bits per heavy atom. The maximum Gasteiger partial charge on any atom is 0.349 e. The molecule has 0 unspecified atom stereocenters. The van der Waals surface area contributed by atoms with E-state index < -0.39 is 17.5 Å². The zero-order valence-electron chi connectivity index (χ0n) is 20.3. The first-order chi connectivity index (χ1) is 15.5. The fraction of sp³-hybridized carbons (Fsp3) is 0.630. The van der Waals surface area contributed by atoms with Crippen LogP contribution in [0.1, 0.15) is 100 Å². The van der Waals surface area contributed by atoms with Crippen molar-refractivity contribution in [1.29, 1.82) is 0 Å². The number of carbonyl (C=O) groups is 2. The minimum atomic E-state index is -0.559. The van der Waals surface area contributed by atoms with Crippen LogP contribution in [0.5, 0.6) is 0 Å². The number of ether oxygens (including phenoxy) is 1. The summed E-state index contributed by atoms with van der Waals surface area (Å²) < 4.78 is 6.36. The summed E-state index contributed by atoms with van der Waals surface area (Å²) >= 11 is 1.26. The van der Waals surface area contributed by atoms with E-state index in [2.05, 4.69) is 20.8 Å². The van der Waals surface area contributed by atoms with Crippen LogP contribution in [0.3, 0.4) is 0 Å². The molecule has 0 spiro atoms. The van der Waals surface area contributed by atoms with Crippen molar-refractivity contribution in [1.82, 2.24) is 0 Å². The third-order valence-corrected chi connectivity index (χ3v) is 9.04. The molecule has 2 aliphatic carbocycles. The van der Waals surface area contributed by atoms with Gasteiger partial charge in [-0.3, -0.25) is 4.79 Å². The van der Waals surface area contributed by atoms with Gasteiger partial charge in [0.1, 0.15) is 16.3 Å². The molecular weight excluding hydrogens is 434 g/mol. The van der Waals surface area contributed by atoms with Crippen molar-refractivity contribution >= 4 is 23.6 Å². The fourth-order valence-electron chi connectivity index (χ4n) is 6.16. The molecule has 1 heterocycles. The summed E-state index contributed by atoms with van der Waals surface area (Å²) in [5.41, 5.74) is 6.91. The summed E-state index contributed by atoms with van der Waals surface area (Å²) in [4.78, 5) is 26.5. The van der Waals surface area contributed by atoms with Crippen LogP contribution in [0.4, 0.5) is 0 Å². The van der Waals surface area contributed by atoms with Crippen molar-refractivity contribution in [2.75, 3.05) is 0 Å². The molecule has 33 heavy (non-hydrogen) atoms. The number of carbonyl (C=O) groups excluding carboxylic acids is 2. The van der Waals surface area contributed by atoms with E-state index in [1.54, 1.807) is 0 Å². The van der Waals surface area contributed by atoms with Gasteiger partial charge in [0.05, 0.1) is 0 Å². The van der Waals surface area contributed by atoms with E-state index in [0.29, 0.717) is 23.8 Å². The van der Waals surface area contributed by atoms with E-state index in [1.165, 1.54) is 37.4 Å². The average molecular weight is 472 g/mol. The third kappa shape index (κ3) is 4.55. The predicted molar refractivity (Wildman–Crippen MR) is 131 cm³/mol. The molecule has 1 amide bonds. The minimum absolute atomic E-state index is 0.159. The number of primary amides is 1. The topological polar surface area (TPSA) is 89.6 Å². The molecule has 3 N–H and O–H groups in total. The van der Waals surface area contributed by atoms with Crippen molar-refractivity contribution in [3.05, 3.63) is 39.5 Å². The summed E-state index contributed by atoms with van der Waals surface area (Å²) in [6.45, 7) is 8.02. The Hall–Kier alpha value is -1.95. The third-order valence-electron chi connectivity index (χ3n) is 7.88. The number of hydrogen-bond acceptors (Lipinski definition) is 5. The Balaban J connectivity index is 1.71. The molecule has 0 atom stereocenters. The first kappa shape index (κ1) is 24.2. The lowest BCUT2D eigenvalue weighted by Crippen LogP contribution is -2.50. The summed E-state index contributed by atoms with van der Waals surface area (Å²) in [7, 11) is 0. The largest absolute Gasteiger partial charge is 0.511 e. The maximum atomic E-state index is 13.4. The molecule has 6 heteroatoms. The molecule has 0 bridgehead atoms. The number of nitrogens with two attached hydrogens (primary N) is 1. The minimum Gasteiger partial charge on any atom is -0.511 e. The van der Waals surface area contributed by atoms with E-state index >= 15 is 0 Å². The van der Waals surface area contributed by atoms with Gasteiger partial charge in [-0.2, -0.15) is 0 Å². The van der Waals surface area contributed by atoms with E-state index in [4.69, 9.17) is 10.5 Å². The molecule has 2 fully saturated rings. The highest BCUT2D eigenvalue weighted by atomic mass is 32.2. The highest BCUT2D eigenvalue weighted by molar-refractivity contribution is 8.04. The van der Waals surface area contributed by atoms with Gasteiger partial charge in [0, 0.05) is 16.9 Å². The number of aliphatic hydroxyl groups is 1. The van der Waals surface area contributed by atoms with Crippen LogP contribution >= 0.6 is 11.8 Å². The number of amides is 1. The lowest BCUT2D eigenvalue weighted by Gasteiger charge is -2.45. The van der Waals surface area contributed by atoms with Gasteiger partial charge in [-0.05, 0) is 73.1 Å². The van der Waals surface area contributed by atoms with Crippen LogP contribution in [0.15, 0.2) is 27.7 Å². The van der Waals surface area contributed by atoms with Crippen molar-refractivity contribution in [2.24, 2.45) is 17.6 Å². The number of rotatable bonds is 5. The normalized spacial score (nSPS) is 22.1. The maximum absolute atomic E-state index is 13.4. The summed E-state index contributed by atoms with van der Waals surface area (Å²) in [5, 5.41) is 11.2. The van der Waals surface area contributed by atoms with Crippen LogP contribution in [-0.2, 0) is 14.9 Å². The van der Waals surface area contributed by atoms with E-state index in [9.17, 15) is 14.7 Å². The van der Waals surface area contributed by atoms with Gasteiger partial charge in [-0.25, -0.2) is 4.79 Å². The first-order valence-corrected chi connectivity index (χ1v) is 13.1. The molecule has 180 valence electrons. The fourth-order valence-corrected chi connectivity index (χ4v) is 7.41. The molecule has 1 aromatic rings. The zero-order valence-corrected chi connectivity index (χ0v) is 21.1. The van der Waals surface area contributed by atoms with Gasteiger partial charge in [-0.15, -0.1) is 0 Å². The van der Waals surface area contributed by atoms with Gasteiger partial charge in [0.2, 0.25) is 5.91 Å². The molecule has 3 aliphatic rings. The van der Waals surface area contributed by atoms with Gasteiger partial charge in [0.25, 0.3) is 0 Å². The molecule has 2 saturated carbocycles. The number of benzene rings is 1. The highest BCUT2D eigenvalue weighted by Crippen LogP contribution is 2.53.